The van der Waals surface area contributed by atoms with E-state index in [1.54, 1.807) is 0 Å². The van der Waals surface area contributed by atoms with Crippen molar-refractivity contribution in [3.8, 4) is 5.75 Å². The predicted octanol–water partition coefficient (Wildman–Crippen LogP) is 2.47. The molecule has 0 amide bonds. The number of rotatable bonds is 2. The monoisotopic (exact) mass is 191 g/mol. The Labute approximate surface area is 72.6 Å². The van der Waals surface area contributed by atoms with Crippen LogP contribution in [0.25, 0.3) is 0 Å². The van der Waals surface area contributed by atoms with E-state index in [0.717, 1.165) is 12.1 Å². The van der Waals surface area contributed by atoms with Crippen molar-refractivity contribution in [3.05, 3.63) is 36.4 Å². The summed E-state index contributed by atoms with van der Waals surface area (Å²) >= 11 is 0. The lowest BCUT2D eigenvalue weighted by molar-refractivity contribution is -0.274. The van der Waals surface area contributed by atoms with Crippen molar-refractivity contribution in [2.45, 2.75) is 6.36 Å². The molecule has 0 bridgehead atoms. The highest BCUT2D eigenvalue weighted by molar-refractivity contribution is 5.31. The summed E-state index contributed by atoms with van der Waals surface area (Å²) in [6.45, 7) is 0.698. The quantitative estimate of drug-likeness (QED) is 0.777. The van der Waals surface area contributed by atoms with Crippen LogP contribution >= 0.6 is 0 Å². The second-order valence-corrected chi connectivity index (χ2v) is 2.25. The molecule has 0 unspecified atom stereocenters. The molecule has 0 aliphatic rings. The van der Waals surface area contributed by atoms with Crippen molar-refractivity contribution >= 4 is 0 Å². The fourth-order valence-electron chi connectivity index (χ4n) is 0.792. The molecule has 0 heterocycles. The van der Waals surface area contributed by atoms with Crippen molar-refractivity contribution in [1.29, 1.82) is 0 Å². The summed E-state index contributed by atoms with van der Waals surface area (Å²) in [5, 5.41) is 8.50. The number of aliphatic hydroxyl groups excluding tert-OH is 1. The zero-order chi connectivity index (χ0) is 9.90. The molecule has 1 N–H and O–H groups in total. The maximum atomic E-state index is 11.7. The molecule has 1 aromatic rings. The van der Waals surface area contributed by atoms with Crippen LogP contribution in [0.4, 0.5) is 13.2 Å². The number of hydrogen-bond acceptors (Lipinski definition) is 2. The largest absolute Gasteiger partial charge is 0.573 e. The van der Waals surface area contributed by atoms with Gasteiger partial charge in [0.2, 0.25) is 0 Å². The molecule has 1 radical (unpaired) electrons. The minimum atomic E-state index is -4.70. The highest BCUT2D eigenvalue weighted by Gasteiger charge is 2.30. The van der Waals surface area contributed by atoms with Crippen molar-refractivity contribution in [2.75, 3.05) is 0 Å². The Hall–Kier alpha value is -1.23. The lowest BCUT2D eigenvalue weighted by atomic mass is 10.2. The third-order valence-electron chi connectivity index (χ3n) is 1.24. The van der Waals surface area contributed by atoms with E-state index in [0.29, 0.717) is 6.61 Å². The van der Waals surface area contributed by atoms with Crippen LogP contribution in [0.1, 0.15) is 5.56 Å². The van der Waals surface area contributed by atoms with E-state index >= 15 is 0 Å². The van der Waals surface area contributed by atoms with Gasteiger partial charge in [-0.2, -0.15) is 0 Å². The summed E-state index contributed by atoms with van der Waals surface area (Å²) < 4.78 is 38.7. The number of alkyl halides is 3. The summed E-state index contributed by atoms with van der Waals surface area (Å²) in [7, 11) is 0. The first kappa shape index (κ1) is 9.85. The highest BCUT2D eigenvalue weighted by atomic mass is 19.4. The van der Waals surface area contributed by atoms with Crippen LogP contribution in [-0.4, -0.2) is 11.5 Å². The number of hydrogen-bond donors (Lipinski definition) is 1. The van der Waals surface area contributed by atoms with E-state index in [2.05, 4.69) is 4.74 Å². The summed E-state index contributed by atoms with van der Waals surface area (Å²) in [5.74, 6) is -0.352. The molecule has 2 nitrogen and oxygen atoms in total. The molecule has 1 rings (SSSR count). The van der Waals surface area contributed by atoms with E-state index in [1.807, 2.05) is 0 Å². The fourth-order valence-corrected chi connectivity index (χ4v) is 0.792. The predicted molar refractivity (Wildman–Crippen MR) is 38.5 cm³/mol. The first-order chi connectivity index (χ1) is 6.01. The molecule has 13 heavy (non-hydrogen) atoms. The van der Waals surface area contributed by atoms with Crippen LogP contribution in [0.2, 0.25) is 0 Å². The first-order valence-electron chi connectivity index (χ1n) is 3.34. The van der Waals surface area contributed by atoms with E-state index in [9.17, 15) is 13.2 Å². The third kappa shape index (κ3) is 3.33. The van der Waals surface area contributed by atoms with Crippen LogP contribution in [0.5, 0.6) is 5.75 Å². The Morgan fingerprint density at radius 1 is 1.31 bits per heavy atom. The second kappa shape index (κ2) is 3.66. The number of halogens is 3. The van der Waals surface area contributed by atoms with E-state index < -0.39 is 6.36 Å². The molecule has 5 heteroatoms. The standard InChI is InChI=1S/C8H6F3O2/c9-8(10,11)13-7-3-1-2-6(4-7)5-12/h1-5,12H. The highest BCUT2D eigenvalue weighted by Crippen LogP contribution is 2.23. The van der Waals surface area contributed by atoms with Gasteiger partial charge < -0.3 is 9.84 Å². The number of aliphatic hydroxyl groups is 1. The van der Waals surface area contributed by atoms with Gasteiger partial charge in [0, 0.05) is 0 Å². The second-order valence-electron chi connectivity index (χ2n) is 2.25. The van der Waals surface area contributed by atoms with Gasteiger partial charge in [-0.05, 0) is 17.7 Å². The molecule has 0 saturated heterocycles. The van der Waals surface area contributed by atoms with Gasteiger partial charge in [-0.3, -0.25) is 0 Å². The zero-order valence-corrected chi connectivity index (χ0v) is 6.38. The normalized spacial score (nSPS) is 11.4. The molecule has 0 aromatic heterocycles. The van der Waals surface area contributed by atoms with Crippen LogP contribution in [0.3, 0.4) is 0 Å². The van der Waals surface area contributed by atoms with Gasteiger partial charge >= 0.3 is 6.36 Å². The zero-order valence-electron chi connectivity index (χ0n) is 6.38. The average molecular weight is 191 g/mol. The van der Waals surface area contributed by atoms with E-state index in [1.165, 1.54) is 12.1 Å². The van der Waals surface area contributed by atoms with Crippen molar-refractivity contribution in [1.82, 2.24) is 0 Å². The number of benzene rings is 1. The Morgan fingerprint density at radius 2 is 2.00 bits per heavy atom. The summed E-state index contributed by atoms with van der Waals surface area (Å²) in [4.78, 5) is 0. The van der Waals surface area contributed by atoms with Crippen molar-refractivity contribution in [3.63, 3.8) is 0 Å². The Bertz CT molecular complexity index is 283. The molecule has 1 aromatic carbocycles. The minimum absolute atomic E-state index is 0.252. The lowest BCUT2D eigenvalue weighted by Crippen LogP contribution is -2.17. The fraction of sp³-hybridized carbons (Fsp3) is 0.125. The SMILES string of the molecule is O[CH]c1cccc(OC(F)(F)F)c1. The van der Waals surface area contributed by atoms with Crippen LogP contribution in [-0.2, 0) is 0 Å². The van der Waals surface area contributed by atoms with Crippen molar-refractivity contribution in [2.24, 2.45) is 0 Å². The minimum Gasteiger partial charge on any atom is -0.406 e. The maximum absolute atomic E-state index is 11.7. The van der Waals surface area contributed by atoms with Crippen molar-refractivity contribution < 1.29 is 23.0 Å². The maximum Gasteiger partial charge on any atom is 0.573 e. The molecule has 71 valence electrons. The van der Waals surface area contributed by atoms with Crippen LogP contribution < -0.4 is 4.74 Å². The van der Waals surface area contributed by atoms with Gasteiger partial charge in [0.05, 0.1) is 0 Å². The molecule has 0 spiro atoms. The first-order valence-corrected chi connectivity index (χ1v) is 3.34. The molecule has 0 saturated carbocycles. The smallest absolute Gasteiger partial charge is 0.406 e. The molecule has 0 aliphatic heterocycles. The van der Waals surface area contributed by atoms with E-state index in [-0.39, 0.29) is 11.3 Å². The molecule has 0 aliphatic carbocycles. The molecular weight excluding hydrogens is 185 g/mol. The molecular formula is C8H6F3O2. The van der Waals surface area contributed by atoms with Gasteiger partial charge in [-0.15, -0.1) is 13.2 Å². The van der Waals surface area contributed by atoms with Gasteiger partial charge in [0.15, 0.2) is 0 Å². The topological polar surface area (TPSA) is 29.5 Å². The summed E-state index contributed by atoms with van der Waals surface area (Å²) in [6, 6.07) is 5.03. The van der Waals surface area contributed by atoms with Crippen LogP contribution in [0.15, 0.2) is 24.3 Å². The Morgan fingerprint density at radius 3 is 2.54 bits per heavy atom. The van der Waals surface area contributed by atoms with Gasteiger partial charge in [0.1, 0.15) is 12.4 Å². The average Bonchev–Trinajstić information content (AvgIpc) is 2.01. The van der Waals surface area contributed by atoms with Gasteiger partial charge in [-0.1, -0.05) is 12.1 Å². The summed E-state index contributed by atoms with van der Waals surface area (Å²) in [5.41, 5.74) is 0.252. The van der Waals surface area contributed by atoms with Crippen LogP contribution in [0, 0.1) is 6.61 Å². The Balaban J connectivity index is 2.78. The lowest BCUT2D eigenvalue weighted by Gasteiger charge is -2.08. The summed E-state index contributed by atoms with van der Waals surface area (Å²) in [6.07, 6.45) is -4.70. The van der Waals surface area contributed by atoms with Gasteiger partial charge in [0.25, 0.3) is 0 Å². The molecule has 0 atom stereocenters. The third-order valence-corrected chi connectivity index (χ3v) is 1.24. The van der Waals surface area contributed by atoms with Gasteiger partial charge in [-0.25, -0.2) is 0 Å². The Kier molecular flexibility index (Phi) is 2.77. The molecule has 0 fully saturated rings. The number of ether oxygens (including phenoxy) is 1. The van der Waals surface area contributed by atoms with E-state index in [4.69, 9.17) is 5.11 Å².